The molecule has 1 N–H and O–H groups in total. The molecule has 3 aromatic rings. The number of hydrogen-bond donors (Lipinski definition) is 1. The summed E-state index contributed by atoms with van der Waals surface area (Å²) >= 11 is 1.60. The Balaban J connectivity index is 1.76. The highest BCUT2D eigenvalue weighted by molar-refractivity contribution is 7.10. The van der Waals surface area contributed by atoms with E-state index in [4.69, 9.17) is 14.6 Å². The Kier molecular flexibility index (Phi) is 9.10. The van der Waals surface area contributed by atoms with Gasteiger partial charge in [-0.25, -0.2) is 0 Å². The second-order valence-corrected chi connectivity index (χ2v) is 9.12. The van der Waals surface area contributed by atoms with Crippen LogP contribution >= 0.6 is 11.3 Å². The first-order chi connectivity index (χ1) is 16.4. The molecule has 0 aliphatic heterocycles. The molecule has 0 aliphatic rings. The number of thiophene rings is 1. The summed E-state index contributed by atoms with van der Waals surface area (Å²) in [6.45, 7) is 3.21. The molecule has 0 bridgehead atoms. The van der Waals surface area contributed by atoms with Gasteiger partial charge in [-0.15, -0.1) is 11.3 Å². The van der Waals surface area contributed by atoms with Crippen LogP contribution in [-0.4, -0.2) is 42.6 Å². The molecule has 2 aromatic carbocycles. The number of hydrogen-bond acceptors (Lipinski definition) is 5. The fraction of sp³-hybridized carbons (Fsp3) is 0.333. The molecule has 1 heterocycles. The zero-order valence-corrected chi connectivity index (χ0v) is 20.7. The lowest BCUT2D eigenvalue weighted by Crippen LogP contribution is -2.25. The molecule has 0 saturated carbocycles. The number of carbonyl (C=O) groups excluding carboxylic acids is 1. The summed E-state index contributed by atoms with van der Waals surface area (Å²) in [5, 5.41) is 11.1. The van der Waals surface area contributed by atoms with E-state index in [9.17, 15) is 9.59 Å². The number of rotatable bonds is 12. The van der Waals surface area contributed by atoms with Gasteiger partial charge in [-0.3, -0.25) is 9.59 Å². The van der Waals surface area contributed by atoms with Crippen LogP contribution in [0.4, 0.5) is 0 Å². The van der Waals surface area contributed by atoms with Gasteiger partial charge in [-0.1, -0.05) is 31.5 Å². The van der Waals surface area contributed by atoms with Crippen LogP contribution in [0.25, 0.3) is 11.1 Å². The van der Waals surface area contributed by atoms with Crippen molar-refractivity contribution >= 4 is 23.2 Å². The van der Waals surface area contributed by atoms with Gasteiger partial charge < -0.3 is 19.5 Å². The van der Waals surface area contributed by atoms with Crippen molar-refractivity contribution in [1.29, 1.82) is 0 Å². The fourth-order valence-electron chi connectivity index (χ4n) is 3.54. The smallest absolute Gasteiger partial charge is 0.303 e. The minimum Gasteiger partial charge on any atom is -0.497 e. The molecule has 34 heavy (non-hydrogen) atoms. The minimum atomic E-state index is -0.812. The molecular formula is C27H31NO5S. The third kappa shape index (κ3) is 6.84. The number of aliphatic carboxylic acids is 1. The molecule has 0 radical (unpaired) electrons. The number of amides is 1. The van der Waals surface area contributed by atoms with Crippen molar-refractivity contribution in [2.45, 2.75) is 39.2 Å². The lowest BCUT2D eigenvalue weighted by molar-refractivity contribution is -0.136. The van der Waals surface area contributed by atoms with Crippen molar-refractivity contribution < 1.29 is 24.2 Å². The molecule has 180 valence electrons. The molecule has 0 unspecified atom stereocenters. The second kappa shape index (κ2) is 12.2. The van der Waals surface area contributed by atoms with Crippen molar-refractivity contribution in [3.63, 3.8) is 0 Å². The molecule has 3 rings (SSSR count). The largest absolute Gasteiger partial charge is 0.497 e. The van der Waals surface area contributed by atoms with E-state index in [-0.39, 0.29) is 12.3 Å². The monoisotopic (exact) mass is 481 g/mol. The summed E-state index contributed by atoms with van der Waals surface area (Å²) in [5.41, 5.74) is 3.52. The van der Waals surface area contributed by atoms with E-state index in [1.54, 1.807) is 42.5 Å². The van der Waals surface area contributed by atoms with E-state index in [0.717, 1.165) is 40.2 Å². The lowest BCUT2D eigenvalue weighted by atomic mass is 10.0. The Morgan fingerprint density at radius 1 is 1.12 bits per heavy atom. The van der Waals surface area contributed by atoms with Crippen molar-refractivity contribution in [3.05, 3.63) is 69.9 Å². The number of carbonyl (C=O) groups is 2. The van der Waals surface area contributed by atoms with Gasteiger partial charge in [-0.2, -0.15) is 0 Å². The van der Waals surface area contributed by atoms with Crippen LogP contribution in [0.2, 0.25) is 0 Å². The van der Waals surface area contributed by atoms with Gasteiger partial charge in [0.05, 0.1) is 20.3 Å². The third-order valence-corrected chi connectivity index (χ3v) is 6.37. The summed E-state index contributed by atoms with van der Waals surface area (Å²) < 4.78 is 11.3. The molecule has 6 nitrogen and oxygen atoms in total. The molecule has 0 aliphatic carbocycles. The van der Waals surface area contributed by atoms with E-state index < -0.39 is 5.97 Å². The van der Waals surface area contributed by atoms with Gasteiger partial charge in [0.1, 0.15) is 11.5 Å². The summed E-state index contributed by atoms with van der Waals surface area (Å²) in [6.07, 6.45) is 2.53. The lowest BCUT2D eigenvalue weighted by Gasteiger charge is -2.16. The van der Waals surface area contributed by atoms with Crippen LogP contribution in [0, 0.1) is 0 Å². The third-order valence-electron chi connectivity index (χ3n) is 5.45. The Morgan fingerprint density at radius 2 is 1.94 bits per heavy atom. The maximum absolute atomic E-state index is 12.9. The Labute approximate surface area is 204 Å². The van der Waals surface area contributed by atoms with Gasteiger partial charge in [0, 0.05) is 29.5 Å². The summed E-state index contributed by atoms with van der Waals surface area (Å²) in [6, 6.07) is 15.1. The number of carboxylic acids is 1. The first-order valence-corrected chi connectivity index (χ1v) is 12.2. The first-order valence-electron chi connectivity index (χ1n) is 11.4. The number of benzene rings is 2. The van der Waals surface area contributed by atoms with Crippen LogP contribution in [-0.2, 0) is 17.8 Å². The van der Waals surface area contributed by atoms with Gasteiger partial charge in [0.15, 0.2) is 0 Å². The standard InChI is InChI=1S/C27H31NO5S/c1-4-5-13-33-25-14-19(10-12-26(29)30)9-11-24(25)21-16-23(34-18-21)17-28(2)27(31)20-7-6-8-22(15-20)32-3/h6-9,11,14-16,18H,4-5,10,12-13,17H2,1-3H3,(H,29,30). The van der Waals surface area contributed by atoms with Crippen molar-refractivity contribution in [3.8, 4) is 22.6 Å². The van der Waals surface area contributed by atoms with Gasteiger partial charge >= 0.3 is 5.97 Å². The van der Waals surface area contributed by atoms with Crippen molar-refractivity contribution in [2.75, 3.05) is 20.8 Å². The van der Waals surface area contributed by atoms with Gasteiger partial charge in [-0.05, 0) is 59.7 Å². The molecule has 0 saturated heterocycles. The molecular weight excluding hydrogens is 450 g/mol. The molecule has 1 amide bonds. The number of aryl methyl sites for hydroxylation is 1. The van der Waals surface area contributed by atoms with Crippen LogP contribution in [0.15, 0.2) is 53.9 Å². The van der Waals surface area contributed by atoms with Crippen molar-refractivity contribution in [1.82, 2.24) is 4.90 Å². The highest BCUT2D eigenvalue weighted by Crippen LogP contribution is 2.35. The van der Waals surface area contributed by atoms with E-state index in [1.165, 1.54) is 0 Å². The van der Waals surface area contributed by atoms with Gasteiger partial charge in [0.2, 0.25) is 0 Å². The fourth-order valence-corrected chi connectivity index (χ4v) is 4.48. The number of nitrogens with zero attached hydrogens (tertiary/aromatic N) is 1. The van der Waals surface area contributed by atoms with Gasteiger partial charge in [0.25, 0.3) is 5.91 Å². The quantitative estimate of drug-likeness (QED) is 0.326. The van der Waals surface area contributed by atoms with Crippen LogP contribution in [0.3, 0.4) is 0 Å². The molecule has 7 heteroatoms. The zero-order chi connectivity index (χ0) is 24.5. The Hall–Kier alpha value is -3.32. The zero-order valence-electron chi connectivity index (χ0n) is 19.9. The maximum Gasteiger partial charge on any atom is 0.303 e. The van der Waals surface area contributed by atoms with Crippen molar-refractivity contribution in [2.24, 2.45) is 0 Å². The number of unbranched alkanes of at least 4 members (excludes halogenated alkanes) is 1. The first kappa shape index (κ1) is 25.3. The van der Waals surface area contributed by atoms with E-state index >= 15 is 0 Å². The summed E-state index contributed by atoms with van der Waals surface area (Å²) in [5.74, 6) is 0.536. The maximum atomic E-state index is 12.9. The van der Waals surface area contributed by atoms with Crippen LogP contribution in [0.5, 0.6) is 11.5 Å². The van der Waals surface area contributed by atoms with Crippen LogP contribution in [0.1, 0.15) is 47.0 Å². The molecule has 0 atom stereocenters. The van der Waals surface area contributed by atoms with E-state index in [1.807, 2.05) is 30.3 Å². The SMILES string of the molecule is CCCCOc1cc(CCC(=O)O)ccc1-c1csc(CN(C)C(=O)c2cccc(OC)c2)c1. The predicted molar refractivity (Wildman–Crippen MR) is 135 cm³/mol. The highest BCUT2D eigenvalue weighted by atomic mass is 32.1. The minimum absolute atomic E-state index is 0.0692. The van der Waals surface area contributed by atoms with E-state index in [0.29, 0.717) is 30.9 Å². The van der Waals surface area contributed by atoms with E-state index in [2.05, 4.69) is 18.4 Å². The summed E-state index contributed by atoms with van der Waals surface area (Å²) in [4.78, 5) is 26.6. The molecule has 1 aromatic heterocycles. The number of carboxylic acid groups (broad SMARTS) is 1. The topological polar surface area (TPSA) is 76.1 Å². The average molecular weight is 482 g/mol. The van der Waals surface area contributed by atoms with Crippen LogP contribution < -0.4 is 9.47 Å². The highest BCUT2D eigenvalue weighted by Gasteiger charge is 2.16. The Bertz CT molecular complexity index is 1120. The number of ether oxygens (including phenoxy) is 2. The second-order valence-electron chi connectivity index (χ2n) is 8.12. The summed E-state index contributed by atoms with van der Waals surface area (Å²) in [7, 11) is 3.37. The normalized spacial score (nSPS) is 10.7. The molecule has 0 spiro atoms. The predicted octanol–water partition coefficient (Wildman–Crippen LogP) is 5.89. The average Bonchev–Trinajstić information content (AvgIpc) is 3.30. The number of methoxy groups -OCH3 is 1. The Morgan fingerprint density at radius 3 is 2.68 bits per heavy atom. The molecule has 0 fully saturated rings.